The van der Waals surface area contributed by atoms with Gasteiger partial charge in [0.15, 0.2) is 0 Å². The molecule has 0 saturated carbocycles. The number of nitrogens with one attached hydrogen (secondary N) is 1. The zero-order chi connectivity index (χ0) is 16.0. The van der Waals surface area contributed by atoms with Gasteiger partial charge >= 0.3 is 0 Å². The van der Waals surface area contributed by atoms with E-state index in [-0.39, 0.29) is 10.0 Å². The SMILES string of the molecule is CCCCOc1ccc(S(=O)(=O)Nc2nnc(CC)s2)cc1. The van der Waals surface area contributed by atoms with Crippen molar-refractivity contribution in [2.75, 3.05) is 11.3 Å². The van der Waals surface area contributed by atoms with Gasteiger partial charge in [0.25, 0.3) is 10.0 Å². The molecule has 1 aromatic carbocycles. The normalized spacial score (nSPS) is 11.4. The van der Waals surface area contributed by atoms with Crippen LogP contribution in [0.5, 0.6) is 5.75 Å². The fraction of sp³-hybridized carbons (Fsp3) is 0.429. The highest BCUT2D eigenvalue weighted by molar-refractivity contribution is 7.93. The maximum atomic E-state index is 12.3. The Morgan fingerprint density at radius 2 is 1.91 bits per heavy atom. The molecule has 6 nitrogen and oxygen atoms in total. The Balaban J connectivity index is 2.05. The molecule has 0 radical (unpaired) electrons. The minimum atomic E-state index is -3.65. The minimum Gasteiger partial charge on any atom is -0.494 e. The molecule has 1 aromatic heterocycles. The Kier molecular flexibility index (Phi) is 5.73. The van der Waals surface area contributed by atoms with Crippen LogP contribution in [0.25, 0.3) is 0 Å². The summed E-state index contributed by atoms with van der Waals surface area (Å²) < 4.78 is 32.5. The second-order valence-corrected chi connectivity index (χ2v) is 7.38. The first-order valence-electron chi connectivity index (χ1n) is 7.13. The zero-order valence-corrected chi connectivity index (χ0v) is 14.2. The molecule has 2 aromatic rings. The molecular formula is C14H19N3O3S2. The molecule has 0 unspecified atom stereocenters. The highest BCUT2D eigenvalue weighted by Crippen LogP contribution is 2.22. The molecule has 0 aliphatic carbocycles. The number of unbranched alkanes of at least 4 members (excludes halogenated alkanes) is 1. The number of aromatic nitrogens is 2. The summed E-state index contributed by atoms with van der Waals surface area (Å²) in [6.45, 7) is 4.66. The van der Waals surface area contributed by atoms with Crippen molar-refractivity contribution < 1.29 is 13.2 Å². The Labute approximate surface area is 134 Å². The summed E-state index contributed by atoms with van der Waals surface area (Å²) in [5, 5.41) is 8.78. The summed E-state index contributed by atoms with van der Waals surface area (Å²) in [7, 11) is -3.65. The second kappa shape index (κ2) is 7.55. The average Bonchev–Trinajstić information content (AvgIpc) is 2.95. The van der Waals surface area contributed by atoms with Gasteiger partial charge in [0.1, 0.15) is 10.8 Å². The highest BCUT2D eigenvalue weighted by atomic mass is 32.2. The molecule has 0 aliphatic heterocycles. The van der Waals surface area contributed by atoms with E-state index < -0.39 is 10.0 Å². The van der Waals surface area contributed by atoms with Crippen LogP contribution in [-0.2, 0) is 16.4 Å². The number of hydrogen-bond donors (Lipinski definition) is 1. The van der Waals surface area contributed by atoms with Crippen LogP contribution in [0.2, 0.25) is 0 Å². The van der Waals surface area contributed by atoms with Crippen LogP contribution < -0.4 is 9.46 Å². The number of sulfonamides is 1. The van der Waals surface area contributed by atoms with Crippen molar-refractivity contribution in [2.24, 2.45) is 0 Å². The van der Waals surface area contributed by atoms with Gasteiger partial charge in [-0.25, -0.2) is 8.42 Å². The van der Waals surface area contributed by atoms with Crippen LogP contribution >= 0.6 is 11.3 Å². The summed E-state index contributed by atoms with van der Waals surface area (Å²) in [6, 6.07) is 6.35. The van der Waals surface area contributed by atoms with Crippen LogP contribution in [0.3, 0.4) is 0 Å². The summed E-state index contributed by atoms with van der Waals surface area (Å²) >= 11 is 1.23. The van der Waals surface area contributed by atoms with E-state index in [2.05, 4.69) is 21.8 Å². The van der Waals surface area contributed by atoms with Crippen LogP contribution in [0.1, 0.15) is 31.7 Å². The van der Waals surface area contributed by atoms with Crippen molar-refractivity contribution in [3.8, 4) is 5.75 Å². The van der Waals surface area contributed by atoms with Crippen LogP contribution in [0, 0.1) is 0 Å². The van der Waals surface area contributed by atoms with Crippen molar-refractivity contribution in [3.63, 3.8) is 0 Å². The molecule has 0 atom stereocenters. The van der Waals surface area contributed by atoms with E-state index in [1.807, 2.05) is 6.92 Å². The van der Waals surface area contributed by atoms with Gasteiger partial charge in [0, 0.05) is 0 Å². The largest absolute Gasteiger partial charge is 0.494 e. The number of benzene rings is 1. The molecule has 0 amide bonds. The van der Waals surface area contributed by atoms with E-state index in [0.717, 1.165) is 24.3 Å². The Morgan fingerprint density at radius 1 is 1.18 bits per heavy atom. The molecule has 0 bridgehead atoms. The van der Waals surface area contributed by atoms with Gasteiger partial charge < -0.3 is 4.74 Å². The molecular weight excluding hydrogens is 322 g/mol. The van der Waals surface area contributed by atoms with E-state index in [1.165, 1.54) is 23.5 Å². The Hall–Kier alpha value is -1.67. The van der Waals surface area contributed by atoms with Crippen LogP contribution in [0.15, 0.2) is 29.2 Å². The molecule has 0 aliphatic rings. The maximum Gasteiger partial charge on any atom is 0.263 e. The smallest absolute Gasteiger partial charge is 0.263 e. The third-order valence-corrected chi connectivity index (χ3v) is 5.36. The first kappa shape index (κ1) is 16.7. The van der Waals surface area contributed by atoms with Crippen molar-refractivity contribution in [1.82, 2.24) is 10.2 Å². The first-order valence-corrected chi connectivity index (χ1v) is 9.43. The lowest BCUT2D eigenvalue weighted by Crippen LogP contribution is -2.12. The van der Waals surface area contributed by atoms with Crippen molar-refractivity contribution in [1.29, 1.82) is 0 Å². The van der Waals surface area contributed by atoms with E-state index in [1.54, 1.807) is 12.1 Å². The predicted molar refractivity (Wildman–Crippen MR) is 86.9 cm³/mol. The average molecular weight is 341 g/mol. The number of rotatable bonds is 8. The molecule has 1 heterocycles. The van der Waals surface area contributed by atoms with Crippen LogP contribution in [0.4, 0.5) is 5.13 Å². The van der Waals surface area contributed by atoms with Gasteiger partial charge in [0.2, 0.25) is 5.13 Å². The fourth-order valence-electron chi connectivity index (χ4n) is 1.66. The fourth-order valence-corrected chi connectivity index (χ4v) is 3.57. The predicted octanol–water partition coefficient (Wildman–Crippen LogP) is 3.08. The van der Waals surface area contributed by atoms with Crippen molar-refractivity contribution in [3.05, 3.63) is 29.3 Å². The van der Waals surface area contributed by atoms with Gasteiger partial charge in [-0.1, -0.05) is 31.6 Å². The molecule has 0 saturated heterocycles. The lowest BCUT2D eigenvalue weighted by molar-refractivity contribution is 0.309. The summed E-state index contributed by atoms with van der Waals surface area (Å²) in [6.07, 6.45) is 2.75. The molecule has 120 valence electrons. The molecule has 0 fully saturated rings. The molecule has 2 rings (SSSR count). The topological polar surface area (TPSA) is 81.2 Å². The minimum absolute atomic E-state index is 0.170. The number of aryl methyl sites for hydroxylation is 1. The molecule has 22 heavy (non-hydrogen) atoms. The molecule has 8 heteroatoms. The van der Waals surface area contributed by atoms with Crippen molar-refractivity contribution in [2.45, 2.75) is 38.0 Å². The lowest BCUT2D eigenvalue weighted by atomic mass is 10.3. The van der Waals surface area contributed by atoms with Gasteiger partial charge in [-0.3, -0.25) is 4.72 Å². The number of nitrogens with zero attached hydrogens (tertiary/aromatic N) is 2. The van der Waals surface area contributed by atoms with Gasteiger partial charge in [-0.15, -0.1) is 10.2 Å². The number of anilines is 1. The quantitative estimate of drug-likeness (QED) is 0.746. The third kappa shape index (κ3) is 4.41. The molecule has 0 spiro atoms. The van der Waals surface area contributed by atoms with E-state index in [9.17, 15) is 8.42 Å². The monoisotopic (exact) mass is 341 g/mol. The number of hydrogen-bond acceptors (Lipinski definition) is 6. The standard InChI is InChI=1S/C14H19N3O3S2/c1-3-5-10-20-11-6-8-12(9-7-11)22(18,19)17-14-16-15-13(4-2)21-14/h6-9H,3-5,10H2,1-2H3,(H,16,17). The Bertz CT molecular complexity index is 696. The van der Waals surface area contributed by atoms with E-state index >= 15 is 0 Å². The van der Waals surface area contributed by atoms with Crippen molar-refractivity contribution >= 4 is 26.5 Å². The highest BCUT2D eigenvalue weighted by Gasteiger charge is 2.16. The van der Waals surface area contributed by atoms with E-state index in [0.29, 0.717) is 12.4 Å². The summed E-state index contributed by atoms with van der Waals surface area (Å²) in [4.78, 5) is 0.170. The third-order valence-electron chi connectivity index (χ3n) is 2.89. The van der Waals surface area contributed by atoms with Gasteiger partial charge in [0.05, 0.1) is 11.5 Å². The first-order chi connectivity index (χ1) is 10.5. The zero-order valence-electron chi connectivity index (χ0n) is 12.6. The Morgan fingerprint density at radius 3 is 2.50 bits per heavy atom. The maximum absolute atomic E-state index is 12.3. The van der Waals surface area contributed by atoms with Gasteiger partial charge in [-0.2, -0.15) is 0 Å². The summed E-state index contributed by atoms with van der Waals surface area (Å²) in [5.41, 5.74) is 0. The lowest BCUT2D eigenvalue weighted by Gasteiger charge is -2.07. The van der Waals surface area contributed by atoms with Gasteiger partial charge in [-0.05, 0) is 37.1 Å². The number of ether oxygens (including phenoxy) is 1. The van der Waals surface area contributed by atoms with E-state index in [4.69, 9.17) is 4.74 Å². The summed E-state index contributed by atoms with van der Waals surface area (Å²) in [5.74, 6) is 0.664. The molecule has 1 N–H and O–H groups in total. The second-order valence-electron chi connectivity index (χ2n) is 4.63. The van der Waals surface area contributed by atoms with Crippen LogP contribution in [-0.4, -0.2) is 25.2 Å².